The lowest BCUT2D eigenvalue weighted by molar-refractivity contribution is -0.700. The van der Waals surface area contributed by atoms with Crippen molar-refractivity contribution in [2.75, 3.05) is 5.75 Å². The standard InChI is InChI=1S/C24H20N4O3S/c29-22(27-25-14-17-10-12-19(13-11-17)23(30)31)16-32-24-26-20-8-4-5-9-21(20)28(24)15-18-6-2-1-3-7-18/h1-14H,15-16H2,(H2,27,29,30,31)/p+1/b25-14+. The number of aromatic carboxylic acids is 1. The number of hydrogen-bond acceptors (Lipinski definition) is 4. The molecular weight excluding hydrogens is 424 g/mol. The quantitative estimate of drug-likeness (QED) is 0.167. The highest BCUT2D eigenvalue weighted by Crippen LogP contribution is 2.18. The number of carboxylic acid groups (broad SMARTS) is 1. The minimum Gasteiger partial charge on any atom is -0.478 e. The largest absolute Gasteiger partial charge is 0.478 e. The van der Waals surface area contributed by atoms with E-state index in [0.717, 1.165) is 16.2 Å². The van der Waals surface area contributed by atoms with E-state index >= 15 is 0 Å². The van der Waals surface area contributed by atoms with Gasteiger partial charge in [0.25, 0.3) is 5.91 Å². The number of hydrazone groups is 1. The number of carboxylic acids is 1. The van der Waals surface area contributed by atoms with Crippen LogP contribution in [0.5, 0.6) is 0 Å². The fraction of sp³-hybridized carbons (Fsp3) is 0.0833. The third-order valence-electron chi connectivity index (χ3n) is 4.77. The predicted octanol–water partition coefficient (Wildman–Crippen LogP) is 3.44. The maximum Gasteiger partial charge on any atom is 0.335 e. The van der Waals surface area contributed by atoms with Gasteiger partial charge in [0.15, 0.2) is 11.0 Å². The molecule has 0 radical (unpaired) electrons. The third-order valence-corrected chi connectivity index (χ3v) is 5.77. The Morgan fingerprint density at radius 2 is 1.72 bits per heavy atom. The van der Waals surface area contributed by atoms with Crippen LogP contribution in [0.4, 0.5) is 0 Å². The number of nitrogens with one attached hydrogen (secondary N) is 2. The molecule has 0 saturated carbocycles. The van der Waals surface area contributed by atoms with Gasteiger partial charge in [0.2, 0.25) is 0 Å². The Morgan fingerprint density at radius 3 is 2.47 bits per heavy atom. The molecule has 8 heteroatoms. The fourth-order valence-corrected chi connectivity index (χ4v) is 4.03. The van der Waals surface area contributed by atoms with Crippen molar-refractivity contribution in [3.8, 4) is 0 Å². The number of amides is 1. The van der Waals surface area contributed by atoms with E-state index in [1.165, 1.54) is 35.7 Å². The van der Waals surface area contributed by atoms with Crippen LogP contribution in [0, 0.1) is 0 Å². The highest BCUT2D eigenvalue weighted by Gasteiger charge is 2.20. The molecule has 0 aliphatic heterocycles. The summed E-state index contributed by atoms with van der Waals surface area (Å²) in [4.78, 5) is 26.6. The summed E-state index contributed by atoms with van der Waals surface area (Å²) in [6.45, 7) is 0.694. The molecule has 1 amide bonds. The molecule has 3 N–H and O–H groups in total. The number of imidazole rings is 1. The number of carbonyl (C=O) groups is 2. The Bertz CT molecular complexity index is 1270. The number of hydrogen-bond donors (Lipinski definition) is 3. The Morgan fingerprint density at radius 1 is 1.00 bits per heavy atom. The number of rotatable bonds is 8. The fourth-order valence-electron chi connectivity index (χ4n) is 3.20. The number of H-pyrrole nitrogens is 1. The highest BCUT2D eigenvalue weighted by molar-refractivity contribution is 7.99. The van der Waals surface area contributed by atoms with Crippen molar-refractivity contribution >= 4 is 40.9 Å². The molecule has 0 saturated heterocycles. The lowest BCUT2D eigenvalue weighted by Crippen LogP contribution is -2.36. The van der Waals surface area contributed by atoms with E-state index in [-0.39, 0.29) is 17.2 Å². The number of aromatic nitrogens is 2. The lowest BCUT2D eigenvalue weighted by Gasteiger charge is -2.02. The van der Waals surface area contributed by atoms with Crippen molar-refractivity contribution in [3.05, 3.63) is 95.6 Å². The molecule has 1 heterocycles. The second kappa shape index (κ2) is 9.93. The van der Waals surface area contributed by atoms with Crippen LogP contribution in [0.3, 0.4) is 0 Å². The van der Waals surface area contributed by atoms with Crippen molar-refractivity contribution in [2.24, 2.45) is 5.10 Å². The summed E-state index contributed by atoms with van der Waals surface area (Å²) in [6, 6.07) is 24.4. The first-order valence-corrected chi connectivity index (χ1v) is 10.9. The summed E-state index contributed by atoms with van der Waals surface area (Å²) < 4.78 is 2.16. The summed E-state index contributed by atoms with van der Waals surface area (Å²) in [5.41, 5.74) is 6.66. The number of nitrogens with zero attached hydrogens (tertiary/aromatic N) is 2. The van der Waals surface area contributed by atoms with Crippen molar-refractivity contribution in [3.63, 3.8) is 0 Å². The van der Waals surface area contributed by atoms with E-state index in [1.807, 2.05) is 36.4 Å². The Labute approximate surface area is 188 Å². The van der Waals surface area contributed by atoms with E-state index in [1.54, 1.807) is 12.1 Å². The van der Waals surface area contributed by atoms with Gasteiger partial charge in [-0.25, -0.2) is 19.8 Å². The molecule has 0 aliphatic carbocycles. The zero-order valence-corrected chi connectivity index (χ0v) is 17.9. The number of fused-ring (bicyclic) bond motifs is 1. The zero-order valence-electron chi connectivity index (χ0n) is 17.1. The van der Waals surface area contributed by atoms with Gasteiger partial charge in [-0.15, -0.1) is 0 Å². The number of thioether (sulfide) groups is 1. The highest BCUT2D eigenvalue weighted by atomic mass is 32.2. The summed E-state index contributed by atoms with van der Waals surface area (Å²) in [7, 11) is 0. The van der Waals surface area contributed by atoms with Crippen LogP contribution in [-0.2, 0) is 11.3 Å². The molecule has 7 nitrogen and oxygen atoms in total. The van der Waals surface area contributed by atoms with Gasteiger partial charge in [0, 0.05) is 0 Å². The van der Waals surface area contributed by atoms with Crippen LogP contribution in [0.1, 0.15) is 21.5 Å². The lowest BCUT2D eigenvalue weighted by atomic mass is 10.1. The Hall–Kier alpha value is -3.91. The first kappa shape index (κ1) is 21.3. The topological polar surface area (TPSA) is 98.4 Å². The van der Waals surface area contributed by atoms with Gasteiger partial charge in [-0.05, 0) is 47.2 Å². The van der Waals surface area contributed by atoms with Gasteiger partial charge >= 0.3 is 11.1 Å². The number of aromatic amines is 1. The van der Waals surface area contributed by atoms with E-state index in [4.69, 9.17) is 5.11 Å². The summed E-state index contributed by atoms with van der Waals surface area (Å²) in [5.74, 6) is -1.03. The monoisotopic (exact) mass is 445 g/mol. The Balaban J connectivity index is 1.40. The maximum absolute atomic E-state index is 12.3. The molecule has 160 valence electrons. The van der Waals surface area contributed by atoms with Gasteiger partial charge in [-0.2, -0.15) is 5.10 Å². The van der Waals surface area contributed by atoms with E-state index < -0.39 is 5.97 Å². The van der Waals surface area contributed by atoms with E-state index in [0.29, 0.717) is 12.1 Å². The average molecular weight is 446 g/mol. The van der Waals surface area contributed by atoms with Crippen LogP contribution in [0.2, 0.25) is 0 Å². The van der Waals surface area contributed by atoms with Crippen LogP contribution < -0.4 is 9.99 Å². The normalized spacial score (nSPS) is 11.1. The van der Waals surface area contributed by atoms with E-state index in [9.17, 15) is 9.59 Å². The number of para-hydroxylation sites is 2. The molecular formula is C24H21N4O3S+. The molecule has 3 aromatic carbocycles. The van der Waals surface area contributed by atoms with Crippen molar-refractivity contribution < 1.29 is 19.3 Å². The molecule has 0 unspecified atom stereocenters. The second-order valence-corrected chi connectivity index (χ2v) is 7.99. The van der Waals surface area contributed by atoms with Gasteiger partial charge in [0.1, 0.15) is 6.54 Å². The molecule has 4 rings (SSSR count). The maximum atomic E-state index is 12.3. The van der Waals surface area contributed by atoms with Crippen LogP contribution in [0.15, 0.2) is 89.1 Å². The van der Waals surface area contributed by atoms with Crippen LogP contribution >= 0.6 is 11.8 Å². The molecule has 4 aromatic rings. The predicted molar refractivity (Wildman–Crippen MR) is 124 cm³/mol. The SMILES string of the molecule is O=C(CSc1[nH]c2ccccc2[n+]1Cc1ccccc1)N/N=C/c1ccc(C(=O)O)cc1. The minimum atomic E-state index is -0.986. The molecule has 0 bridgehead atoms. The molecule has 1 aromatic heterocycles. The minimum absolute atomic E-state index is 0.191. The van der Waals surface area contributed by atoms with Crippen molar-refractivity contribution in [1.82, 2.24) is 10.4 Å². The van der Waals surface area contributed by atoms with Gasteiger partial charge in [0.05, 0.1) is 17.5 Å². The molecule has 0 spiro atoms. The van der Waals surface area contributed by atoms with E-state index in [2.05, 4.69) is 38.3 Å². The Kier molecular flexibility index (Phi) is 6.62. The molecule has 32 heavy (non-hydrogen) atoms. The second-order valence-electron chi connectivity index (χ2n) is 7.03. The smallest absolute Gasteiger partial charge is 0.335 e. The zero-order chi connectivity index (χ0) is 22.3. The average Bonchev–Trinajstić information content (AvgIpc) is 3.16. The summed E-state index contributed by atoms with van der Waals surface area (Å²) in [5, 5.41) is 13.8. The van der Waals surface area contributed by atoms with Gasteiger partial charge < -0.3 is 5.11 Å². The molecule has 0 atom stereocenters. The number of benzene rings is 3. The van der Waals surface area contributed by atoms with Gasteiger partial charge in [-0.1, -0.05) is 54.6 Å². The van der Waals surface area contributed by atoms with Crippen LogP contribution in [-0.4, -0.2) is 33.9 Å². The van der Waals surface area contributed by atoms with Crippen molar-refractivity contribution in [2.45, 2.75) is 11.7 Å². The third kappa shape index (κ3) is 5.22. The first-order chi connectivity index (χ1) is 15.6. The summed E-state index contributed by atoms with van der Waals surface area (Å²) >= 11 is 1.41. The molecule has 0 aliphatic rings. The summed E-state index contributed by atoms with van der Waals surface area (Å²) in [6.07, 6.45) is 1.48. The van der Waals surface area contributed by atoms with Crippen LogP contribution in [0.25, 0.3) is 11.0 Å². The number of carbonyl (C=O) groups excluding carboxylic acids is 1. The van der Waals surface area contributed by atoms with Gasteiger partial charge in [-0.3, -0.25) is 4.79 Å². The first-order valence-electron chi connectivity index (χ1n) is 9.93. The van der Waals surface area contributed by atoms with Crippen molar-refractivity contribution in [1.29, 1.82) is 0 Å². The molecule has 0 fully saturated rings.